The number of ether oxygens (including phenoxy) is 1. The average Bonchev–Trinajstić information content (AvgIpc) is 2.67. The molecule has 2 rings (SSSR count). The summed E-state index contributed by atoms with van der Waals surface area (Å²) in [4.78, 5) is 26.0. The molecule has 0 radical (unpaired) electrons. The number of hydrogen-bond donors (Lipinski definition) is 2. The predicted octanol–water partition coefficient (Wildman–Crippen LogP) is 3.69. The molecule has 0 saturated heterocycles. The van der Waals surface area contributed by atoms with Gasteiger partial charge in [-0.15, -0.1) is 0 Å². The maximum Gasteiger partial charge on any atom is 0.257 e. The molecule has 28 heavy (non-hydrogen) atoms. The van der Waals surface area contributed by atoms with E-state index in [9.17, 15) is 9.59 Å². The minimum atomic E-state index is -0.334. The van der Waals surface area contributed by atoms with Gasteiger partial charge in [-0.3, -0.25) is 14.9 Å². The third-order valence-corrected chi connectivity index (χ3v) is 4.07. The van der Waals surface area contributed by atoms with E-state index in [1.165, 1.54) is 4.90 Å². The lowest BCUT2D eigenvalue weighted by Crippen LogP contribution is -2.34. The summed E-state index contributed by atoms with van der Waals surface area (Å²) >= 11 is 5.22. The molecule has 2 N–H and O–H groups in total. The fourth-order valence-electron chi connectivity index (χ4n) is 2.39. The van der Waals surface area contributed by atoms with Gasteiger partial charge in [-0.1, -0.05) is 25.5 Å². The van der Waals surface area contributed by atoms with E-state index in [1.54, 1.807) is 56.6 Å². The van der Waals surface area contributed by atoms with Crippen molar-refractivity contribution < 1.29 is 14.3 Å². The lowest BCUT2D eigenvalue weighted by Gasteiger charge is -2.13. The Morgan fingerprint density at radius 1 is 1.07 bits per heavy atom. The van der Waals surface area contributed by atoms with Crippen molar-refractivity contribution in [3.63, 3.8) is 0 Å². The third kappa shape index (κ3) is 6.35. The lowest BCUT2D eigenvalue weighted by molar-refractivity contribution is 0.0827. The average molecular weight is 400 g/mol. The zero-order chi connectivity index (χ0) is 20.5. The highest BCUT2D eigenvalue weighted by Crippen LogP contribution is 2.15. The maximum absolute atomic E-state index is 12.4. The van der Waals surface area contributed by atoms with Crippen molar-refractivity contribution in [3.05, 3.63) is 59.7 Å². The number of unbranched alkanes of at least 4 members (excludes halogenated alkanes) is 1. The molecule has 0 aromatic heterocycles. The number of nitrogens with zero attached hydrogens (tertiary/aromatic N) is 1. The van der Waals surface area contributed by atoms with Gasteiger partial charge in [-0.2, -0.15) is 0 Å². The molecule has 6 nitrogen and oxygen atoms in total. The van der Waals surface area contributed by atoms with Crippen LogP contribution in [0.4, 0.5) is 5.69 Å². The fourth-order valence-corrected chi connectivity index (χ4v) is 2.60. The quantitative estimate of drug-likeness (QED) is 0.549. The Hall–Kier alpha value is -2.93. The van der Waals surface area contributed by atoms with E-state index in [-0.39, 0.29) is 16.9 Å². The summed E-state index contributed by atoms with van der Waals surface area (Å²) in [6.07, 6.45) is 2.00. The summed E-state index contributed by atoms with van der Waals surface area (Å²) in [7, 11) is 3.38. The van der Waals surface area contributed by atoms with Gasteiger partial charge in [0.2, 0.25) is 0 Å². The number of anilines is 1. The van der Waals surface area contributed by atoms with Crippen LogP contribution in [0, 0.1) is 0 Å². The van der Waals surface area contributed by atoms with Crippen LogP contribution < -0.4 is 15.4 Å². The van der Waals surface area contributed by atoms with Crippen LogP contribution >= 0.6 is 12.2 Å². The fraction of sp³-hybridized carbons (Fsp3) is 0.286. The Kier molecular flexibility index (Phi) is 7.95. The first-order chi connectivity index (χ1) is 13.4. The molecule has 0 bridgehead atoms. The van der Waals surface area contributed by atoms with Crippen LogP contribution in [0.5, 0.6) is 5.75 Å². The van der Waals surface area contributed by atoms with Gasteiger partial charge in [0.1, 0.15) is 5.75 Å². The predicted molar refractivity (Wildman–Crippen MR) is 115 cm³/mol. The van der Waals surface area contributed by atoms with Gasteiger partial charge >= 0.3 is 0 Å². The highest BCUT2D eigenvalue weighted by Gasteiger charge is 2.11. The standard InChI is InChI=1S/C21H25N3O3S/c1-4-5-12-27-18-11-7-8-15(14-18)19(25)23-21(28)22-17-10-6-9-16(13-17)20(26)24(2)3/h6-11,13-14H,4-5,12H2,1-3H3,(H2,22,23,25,28). The number of carbonyl (C=O) groups is 2. The van der Waals surface area contributed by atoms with Crippen LogP contribution in [0.3, 0.4) is 0 Å². The van der Waals surface area contributed by atoms with Crippen molar-refractivity contribution in [2.45, 2.75) is 19.8 Å². The first kappa shape index (κ1) is 21.4. The lowest BCUT2D eigenvalue weighted by atomic mass is 10.2. The van der Waals surface area contributed by atoms with E-state index >= 15 is 0 Å². The molecule has 0 unspecified atom stereocenters. The number of thiocarbonyl (C=S) groups is 1. The van der Waals surface area contributed by atoms with Gasteiger partial charge in [-0.05, 0) is 55.0 Å². The molecule has 0 aliphatic carbocycles. The Morgan fingerprint density at radius 2 is 1.79 bits per heavy atom. The molecule has 148 valence electrons. The third-order valence-electron chi connectivity index (χ3n) is 3.86. The Labute approximate surface area is 170 Å². The summed E-state index contributed by atoms with van der Waals surface area (Å²) in [5.41, 5.74) is 1.60. The molecule has 0 saturated carbocycles. The maximum atomic E-state index is 12.4. The minimum Gasteiger partial charge on any atom is -0.494 e. The van der Waals surface area contributed by atoms with Gasteiger partial charge in [0.05, 0.1) is 6.61 Å². The molecule has 0 aliphatic rings. The van der Waals surface area contributed by atoms with Gasteiger partial charge < -0.3 is 15.0 Å². The molecule has 0 spiro atoms. The molecule has 2 amide bonds. The number of rotatable bonds is 7. The number of hydrogen-bond acceptors (Lipinski definition) is 4. The normalized spacial score (nSPS) is 10.1. The minimum absolute atomic E-state index is 0.113. The molecule has 0 heterocycles. The molecular weight excluding hydrogens is 374 g/mol. The van der Waals surface area contributed by atoms with Crippen molar-refractivity contribution in [2.24, 2.45) is 0 Å². The number of nitrogens with one attached hydrogen (secondary N) is 2. The smallest absolute Gasteiger partial charge is 0.257 e. The molecule has 0 atom stereocenters. The number of carbonyl (C=O) groups excluding carboxylic acids is 2. The first-order valence-corrected chi connectivity index (χ1v) is 9.48. The Bertz CT molecular complexity index is 852. The van der Waals surface area contributed by atoms with Crippen molar-refractivity contribution in [2.75, 3.05) is 26.0 Å². The van der Waals surface area contributed by atoms with E-state index in [4.69, 9.17) is 17.0 Å². The van der Waals surface area contributed by atoms with Gasteiger partial charge in [0.25, 0.3) is 11.8 Å². The number of benzene rings is 2. The second-order valence-corrected chi connectivity index (χ2v) is 6.83. The van der Waals surface area contributed by atoms with Crippen molar-refractivity contribution in [3.8, 4) is 5.75 Å². The zero-order valence-corrected chi connectivity index (χ0v) is 17.1. The molecular formula is C21H25N3O3S. The van der Waals surface area contributed by atoms with Crippen LogP contribution in [0.15, 0.2) is 48.5 Å². The van der Waals surface area contributed by atoms with Crippen molar-refractivity contribution >= 4 is 34.8 Å². The molecule has 0 aliphatic heterocycles. The Morgan fingerprint density at radius 3 is 2.50 bits per heavy atom. The van der Waals surface area contributed by atoms with Crippen molar-refractivity contribution in [1.82, 2.24) is 10.2 Å². The van der Waals surface area contributed by atoms with E-state index in [2.05, 4.69) is 17.6 Å². The Balaban J connectivity index is 1.98. The summed E-state index contributed by atoms with van der Waals surface area (Å²) in [5.74, 6) is 0.201. The summed E-state index contributed by atoms with van der Waals surface area (Å²) in [6.45, 7) is 2.71. The van der Waals surface area contributed by atoms with Crippen LogP contribution in [-0.4, -0.2) is 42.5 Å². The molecule has 2 aromatic rings. The van der Waals surface area contributed by atoms with E-state index < -0.39 is 0 Å². The summed E-state index contributed by atoms with van der Waals surface area (Å²) in [6, 6.07) is 13.9. The molecule has 2 aromatic carbocycles. The van der Waals surface area contributed by atoms with E-state index in [1.807, 2.05) is 6.07 Å². The van der Waals surface area contributed by atoms with Crippen LogP contribution in [0.1, 0.15) is 40.5 Å². The molecule has 0 fully saturated rings. The van der Waals surface area contributed by atoms with Gasteiger partial charge in [0.15, 0.2) is 5.11 Å². The van der Waals surface area contributed by atoms with E-state index in [0.29, 0.717) is 29.2 Å². The second kappa shape index (κ2) is 10.4. The van der Waals surface area contributed by atoms with Crippen molar-refractivity contribution in [1.29, 1.82) is 0 Å². The monoisotopic (exact) mass is 399 g/mol. The SMILES string of the molecule is CCCCOc1cccc(C(=O)NC(=S)Nc2cccc(C(=O)N(C)C)c2)c1. The second-order valence-electron chi connectivity index (χ2n) is 6.42. The summed E-state index contributed by atoms with van der Waals surface area (Å²) < 4.78 is 5.63. The zero-order valence-electron chi connectivity index (χ0n) is 16.3. The van der Waals surface area contributed by atoms with Crippen LogP contribution in [0.2, 0.25) is 0 Å². The van der Waals surface area contributed by atoms with Gasteiger partial charge in [0, 0.05) is 30.9 Å². The van der Waals surface area contributed by atoms with Crippen LogP contribution in [-0.2, 0) is 0 Å². The molecule has 7 heteroatoms. The largest absolute Gasteiger partial charge is 0.494 e. The summed E-state index contributed by atoms with van der Waals surface area (Å²) in [5, 5.41) is 5.72. The number of amides is 2. The first-order valence-electron chi connectivity index (χ1n) is 9.07. The van der Waals surface area contributed by atoms with Crippen LogP contribution in [0.25, 0.3) is 0 Å². The highest BCUT2D eigenvalue weighted by molar-refractivity contribution is 7.80. The van der Waals surface area contributed by atoms with Gasteiger partial charge in [-0.25, -0.2) is 0 Å². The van der Waals surface area contributed by atoms with E-state index in [0.717, 1.165) is 12.8 Å². The highest BCUT2D eigenvalue weighted by atomic mass is 32.1. The topological polar surface area (TPSA) is 70.7 Å².